The number of esters is 1. The second-order valence-corrected chi connectivity index (χ2v) is 3.09. The van der Waals surface area contributed by atoms with Crippen LogP contribution in [0.2, 0.25) is 0 Å². The second kappa shape index (κ2) is 4.89. The summed E-state index contributed by atoms with van der Waals surface area (Å²) in [6.45, 7) is -0.287. The van der Waals surface area contributed by atoms with Gasteiger partial charge in [-0.25, -0.2) is 4.98 Å². The van der Waals surface area contributed by atoms with E-state index in [2.05, 4.69) is 15.0 Å². The quantitative estimate of drug-likeness (QED) is 0.789. The normalized spacial score (nSPS) is 11.1. The molecule has 1 heterocycles. The van der Waals surface area contributed by atoms with E-state index in [9.17, 15) is 18.0 Å². The van der Waals surface area contributed by atoms with Crippen molar-refractivity contribution in [2.45, 2.75) is 6.18 Å². The number of nitrogens with zero attached hydrogens (tertiary/aromatic N) is 1. The number of aromatic nitrogens is 1. The van der Waals surface area contributed by atoms with Crippen LogP contribution in [0.25, 0.3) is 0 Å². The number of hydrogen-bond donors (Lipinski definition) is 2. The van der Waals surface area contributed by atoms with Gasteiger partial charge in [-0.15, -0.1) is 0 Å². The SMILES string of the molecule is COC(=O)CNc1cc(C(F)(F)F)cc(N)n1. The maximum atomic E-state index is 12.4. The largest absolute Gasteiger partial charge is 0.468 e. The number of nitrogens with one attached hydrogen (secondary N) is 1. The van der Waals surface area contributed by atoms with Crippen LogP contribution in [0.15, 0.2) is 12.1 Å². The van der Waals surface area contributed by atoms with Crippen LogP contribution in [0.1, 0.15) is 5.56 Å². The number of alkyl halides is 3. The summed E-state index contributed by atoms with van der Waals surface area (Å²) in [5.74, 6) is -1.04. The smallest absolute Gasteiger partial charge is 0.416 e. The molecule has 1 aromatic heterocycles. The Morgan fingerprint density at radius 1 is 1.53 bits per heavy atom. The zero-order valence-corrected chi connectivity index (χ0v) is 8.84. The summed E-state index contributed by atoms with van der Waals surface area (Å²) in [7, 11) is 1.16. The summed E-state index contributed by atoms with van der Waals surface area (Å²) in [5.41, 5.74) is 4.29. The predicted octanol–water partition coefficient (Wildman–Crippen LogP) is 1.27. The molecule has 3 N–H and O–H groups in total. The number of pyridine rings is 1. The molecule has 0 aromatic carbocycles. The predicted molar refractivity (Wildman–Crippen MR) is 54.2 cm³/mol. The van der Waals surface area contributed by atoms with Gasteiger partial charge in [0.15, 0.2) is 0 Å². The van der Waals surface area contributed by atoms with E-state index in [1.807, 2.05) is 0 Å². The zero-order chi connectivity index (χ0) is 13.1. The summed E-state index contributed by atoms with van der Waals surface area (Å²) in [6.07, 6.45) is -4.52. The van der Waals surface area contributed by atoms with E-state index in [1.165, 1.54) is 0 Å². The van der Waals surface area contributed by atoms with E-state index in [-0.39, 0.29) is 18.2 Å². The number of carbonyl (C=O) groups is 1. The second-order valence-electron chi connectivity index (χ2n) is 3.09. The molecule has 0 spiro atoms. The summed E-state index contributed by atoms with van der Waals surface area (Å²) in [6, 6.07) is 1.47. The summed E-state index contributed by atoms with van der Waals surface area (Å²) >= 11 is 0. The van der Waals surface area contributed by atoms with Gasteiger partial charge in [0.05, 0.1) is 12.7 Å². The van der Waals surface area contributed by atoms with Crippen LogP contribution < -0.4 is 11.1 Å². The molecule has 0 aliphatic carbocycles. The van der Waals surface area contributed by atoms with E-state index >= 15 is 0 Å². The Kier molecular flexibility index (Phi) is 3.77. The lowest BCUT2D eigenvalue weighted by Gasteiger charge is -2.10. The zero-order valence-electron chi connectivity index (χ0n) is 8.84. The van der Waals surface area contributed by atoms with Crippen molar-refractivity contribution in [3.8, 4) is 0 Å². The minimum atomic E-state index is -4.52. The number of rotatable bonds is 3. The number of methoxy groups -OCH3 is 1. The molecule has 0 unspecified atom stereocenters. The fourth-order valence-corrected chi connectivity index (χ4v) is 1.04. The summed E-state index contributed by atoms with van der Waals surface area (Å²) in [4.78, 5) is 14.4. The number of carbonyl (C=O) groups excluding carboxylic acids is 1. The van der Waals surface area contributed by atoms with E-state index in [4.69, 9.17) is 5.73 Å². The molecule has 5 nitrogen and oxygen atoms in total. The molecule has 1 aromatic rings. The topological polar surface area (TPSA) is 77.2 Å². The lowest BCUT2D eigenvalue weighted by atomic mass is 10.2. The van der Waals surface area contributed by atoms with Gasteiger partial charge in [0.2, 0.25) is 0 Å². The van der Waals surface area contributed by atoms with Crippen molar-refractivity contribution in [2.24, 2.45) is 0 Å². The molecule has 0 radical (unpaired) electrons. The average Bonchev–Trinajstić information content (AvgIpc) is 2.24. The van der Waals surface area contributed by atoms with Crippen LogP contribution in [0, 0.1) is 0 Å². The number of halogens is 3. The number of anilines is 2. The molecule has 8 heteroatoms. The highest BCUT2D eigenvalue weighted by Gasteiger charge is 2.31. The summed E-state index contributed by atoms with van der Waals surface area (Å²) in [5, 5.41) is 2.38. The first-order valence-electron chi connectivity index (χ1n) is 4.48. The Morgan fingerprint density at radius 3 is 2.71 bits per heavy atom. The maximum absolute atomic E-state index is 12.4. The van der Waals surface area contributed by atoms with Gasteiger partial charge in [0.1, 0.15) is 18.2 Å². The van der Waals surface area contributed by atoms with Crippen LogP contribution >= 0.6 is 0 Å². The van der Waals surface area contributed by atoms with Gasteiger partial charge >= 0.3 is 12.1 Å². The maximum Gasteiger partial charge on any atom is 0.416 e. The highest BCUT2D eigenvalue weighted by Crippen LogP contribution is 2.31. The molecule has 94 valence electrons. The number of hydrogen-bond acceptors (Lipinski definition) is 5. The molecule has 0 saturated heterocycles. The van der Waals surface area contributed by atoms with Crippen molar-refractivity contribution in [3.05, 3.63) is 17.7 Å². The molecule has 0 amide bonds. The molecular weight excluding hydrogens is 239 g/mol. The number of nitrogen functional groups attached to an aromatic ring is 1. The minimum Gasteiger partial charge on any atom is -0.468 e. The third-order valence-electron chi connectivity index (χ3n) is 1.81. The standard InChI is InChI=1S/C9H10F3N3O2/c1-17-8(16)4-14-7-3-5(9(10,11)12)2-6(13)15-7/h2-3H,4H2,1H3,(H3,13,14,15). The minimum absolute atomic E-state index is 0.136. The van der Waals surface area contributed by atoms with E-state index in [1.54, 1.807) is 0 Å². The average molecular weight is 249 g/mol. The Balaban J connectivity index is 2.87. The number of ether oxygens (including phenoxy) is 1. The van der Waals surface area contributed by atoms with Gasteiger partial charge in [-0.2, -0.15) is 13.2 Å². The monoisotopic (exact) mass is 249 g/mol. The molecule has 0 saturated carbocycles. The fraction of sp³-hybridized carbons (Fsp3) is 0.333. The third-order valence-corrected chi connectivity index (χ3v) is 1.81. The van der Waals surface area contributed by atoms with Crippen molar-refractivity contribution >= 4 is 17.6 Å². The Bertz CT molecular complexity index is 420. The molecular formula is C9H10F3N3O2. The van der Waals surface area contributed by atoms with Crippen molar-refractivity contribution in [1.29, 1.82) is 0 Å². The van der Waals surface area contributed by atoms with E-state index in [0.29, 0.717) is 6.07 Å². The van der Waals surface area contributed by atoms with Crippen LogP contribution in [-0.2, 0) is 15.7 Å². The van der Waals surface area contributed by atoms with Crippen molar-refractivity contribution in [3.63, 3.8) is 0 Å². The van der Waals surface area contributed by atoms with Gasteiger partial charge in [0.25, 0.3) is 0 Å². The van der Waals surface area contributed by atoms with Gasteiger partial charge in [-0.3, -0.25) is 4.79 Å². The van der Waals surface area contributed by atoms with Crippen molar-refractivity contribution < 1.29 is 22.7 Å². The first kappa shape index (κ1) is 13.1. The molecule has 0 fully saturated rings. The molecule has 0 bridgehead atoms. The molecule has 0 atom stereocenters. The molecule has 1 rings (SSSR count). The van der Waals surface area contributed by atoms with Crippen LogP contribution in [0.5, 0.6) is 0 Å². The molecule has 0 aliphatic heterocycles. The Morgan fingerprint density at radius 2 is 2.18 bits per heavy atom. The Hall–Kier alpha value is -1.99. The first-order valence-corrected chi connectivity index (χ1v) is 4.48. The van der Waals surface area contributed by atoms with Crippen LogP contribution in [-0.4, -0.2) is 24.6 Å². The van der Waals surface area contributed by atoms with E-state index in [0.717, 1.165) is 13.2 Å². The van der Waals surface area contributed by atoms with E-state index < -0.39 is 17.7 Å². The lowest BCUT2D eigenvalue weighted by Crippen LogP contribution is -2.17. The first-order chi connectivity index (χ1) is 7.82. The van der Waals surface area contributed by atoms with Gasteiger partial charge in [-0.05, 0) is 12.1 Å². The van der Waals surface area contributed by atoms with Gasteiger partial charge < -0.3 is 15.8 Å². The lowest BCUT2D eigenvalue weighted by molar-refractivity contribution is -0.138. The third kappa shape index (κ3) is 3.82. The summed E-state index contributed by atoms with van der Waals surface area (Å²) < 4.78 is 41.5. The fourth-order valence-electron chi connectivity index (χ4n) is 1.04. The van der Waals surface area contributed by atoms with Gasteiger partial charge in [-0.1, -0.05) is 0 Å². The number of nitrogens with two attached hydrogens (primary N) is 1. The highest BCUT2D eigenvalue weighted by molar-refractivity contribution is 5.74. The Labute approximate surface area is 94.8 Å². The molecule has 17 heavy (non-hydrogen) atoms. The van der Waals surface area contributed by atoms with Crippen molar-refractivity contribution in [1.82, 2.24) is 4.98 Å². The van der Waals surface area contributed by atoms with Crippen LogP contribution in [0.3, 0.4) is 0 Å². The van der Waals surface area contributed by atoms with Crippen LogP contribution in [0.4, 0.5) is 24.8 Å². The molecule has 0 aliphatic rings. The van der Waals surface area contributed by atoms with Gasteiger partial charge in [0, 0.05) is 0 Å². The van der Waals surface area contributed by atoms with Crippen molar-refractivity contribution in [2.75, 3.05) is 24.7 Å². The highest BCUT2D eigenvalue weighted by atomic mass is 19.4.